The lowest BCUT2D eigenvalue weighted by Gasteiger charge is -2.17. The molecule has 0 fully saturated rings. The molecule has 0 saturated carbocycles. The van der Waals surface area contributed by atoms with Crippen molar-refractivity contribution >= 4 is 35.3 Å². The van der Waals surface area contributed by atoms with Crippen LogP contribution < -0.4 is 5.32 Å². The van der Waals surface area contributed by atoms with E-state index in [1.807, 2.05) is 30.3 Å². The van der Waals surface area contributed by atoms with Crippen molar-refractivity contribution in [3.05, 3.63) is 76.3 Å². The zero-order valence-corrected chi connectivity index (χ0v) is 20.5. The summed E-state index contributed by atoms with van der Waals surface area (Å²) in [4.78, 5) is 21.2. The molecule has 0 radical (unpaired) electrons. The summed E-state index contributed by atoms with van der Waals surface area (Å²) in [6, 6.07) is 10.6. The number of ether oxygens (including phenoxy) is 1. The summed E-state index contributed by atoms with van der Waals surface area (Å²) < 4.78 is 84.1. The maximum Gasteiger partial charge on any atom is 0.416 e. The van der Waals surface area contributed by atoms with E-state index >= 15 is 0 Å². The Morgan fingerprint density at radius 3 is 2.08 bits per heavy atom. The van der Waals surface area contributed by atoms with Crippen molar-refractivity contribution in [3.8, 4) is 0 Å². The number of halogens is 6. The molecule has 0 amide bonds. The first-order valence-corrected chi connectivity index (χ1v) is 12.4. The number of rotatable bonds is 8. The molecule has 0 bridgehead atoms. The van der Waals surface area contributed by atoms with Crippen LogP contribution in [-0.2, 0) is 29.4 Å². The molecular weight excluding hydrogens is 528 g/mol. The largest absolute Gasteiger partial charge is 0.465 e. The quantitative estimate of drug-likeness (QED) is 0.108. The highest BCUT2D eigenvalue weighted by Gasteiger charge is 2.37. The Hall–Kier alpha value is -2.93. The third-order valence-electron chi connectivity index (χ3n) is 4.75. The Morgan fingerprint density at radius 2 is 1.56 bits per heavy atom. The molecule has 192 valence electrons. The highest BCUT2D eigenvalue weighted by atomic mass is 32.2. The van der Waals surface area contributed by atoms with Crippen LogP contribution in [0.3, 0.4) is 0 Å². The predicted octanol–water partition coefficient (Wildman–Crippen LogP) is 6.93. The number of anilines is 1. The van der Waals surface area contributed by atoms with Gasteiger partial charge >= 0.3 is 18.3 Å². The predicted molar refractivity (Wildman–Crippen MR) is 125 cm³/mol. The minimum atomic E-state index is -4.98. The van der Waals surface area contributed by atoms with Crippen molar-refractivity contribution in [2.45, 2.75) is 34.8 Å². The molecule has 1 heterocycles. The zero-order chi connectivity index (χ0) is 26.5. The second-order valence-electron chi connectivity index (χ2n) is 7.27. The van der Waals surface area contributed by atoms with Crippen molar-refractivity contribution in [1.29, 1.82) is 0 Å². The molecule has 13 heteroatoms. The third kappa shape index (κ3) is 7.06. The number of carbonyl (C=O) groups is 1. The molecule has 0 aliphatic rings. The SMILES string of the molecule is COC(=O)c1c(NCc2cc(C(F)(F)F)cc(C(F)(F)F)c2)nc(SC)nc1SCc1ccccc1. The molecule has 0 aliphatic heterocycles. The van der Waals surface area contributed by atoms with Gasteiger partial charge in [-0.15, -0.1) is 11.8 Å². The van der Waals surface area contributed by atoms with Gasteiger partial charge in [-0.05, 0) is 35.6 Å². The first-order chi connectivity index (χ1) is 16.9. The lowest BCUT2D eigenvalue weighted by atomic mass is 10.0. The Morgan fingerprint density at radius 1 is 0.944 bits per heavy atom. The fourth-order valence-corrected chi connectivity index (χ4v) is 4.46. The number of methoxy groups -OCH3 is 1. The minimum absolute atomic E-state index is 0.0538. The second-order valence-corrected chi connectivity index (χ2v) is 9.01. The Bertz CT molecular complexity index is 1190. The summed E-state index contributed by atoms with van der Waals surface area (Å²) >= 11 is 2.37. The normalized spacial score (nSPS) is 11.9. The van der Waals surface area contributed by atoms with Crippen LogP contribution in [-0.4, -0.2) is 29.3 Å². The molecule has 3 aromatic rings. The summed E-state index contributed by atoms with van der Waals surface area (Å²) in [6.45, 7) is -0.468. The van der Waals surface area contributed by atoms with Crippen molar-refractivity contribution in [3.63, 3.8) is 0 Å². The van der Waals surface area contributed by atoms with Gasteiger partial charge in [-0.25, -0.2) is 14.8 Å². The molecule has 36 heavy (non-hydrogen) atoms. The maximum atomic E-state index is 13.2. The average molecular weight is 548 g/mol. The number of hydrogen-bond acceptors (Lipinski definition) is 7. The second kappa shape index (κ2) is 11.4. The van der Waals surface area contributed by atoms with Crippen LogP contribution in [0.2, 0.25) is 0 Å². The Labute approximate surface area is 211 Å². The van der Waals surface area contributed by atoms with Crippen LogP contribution in [0, 0.1) is 0 Å². The van der Waals surface area contributed by atoms with E-state index in [1.165, 1.54) is 11.8 Å². The standard InChI is InChI=1S/C23H19F6N3O2S2/c1-34-20(33)17-18(31-21(35-2)32-19(17)36-12-13-6-4-3-5-7-13)30-11-14-8-15(22(24,25)26)10-16(9-14)23(27,28)29/h3-10H,11-12H2,1-2H3,(H,30,31,32). The number of nitrogens with zero attached hydrogens (tertiary/aromatic N) is 2. The van der Waals surface area contributed by atoms with Gasteiger partial charge in [0, 0.05) is 12.3 Å². The van der Waals surface area contributed by atoms with Crippen LogP contribution in [0.1, 0.15) is 32.6 Å². The van der Waals surface area contributed by atoms with Gasteiger partial charge in [-0.2, -0.15) is 26.3 Å². The van der Waals surface area contributed by atoms with Crippen molar-refractivity contribution in [2.24, 2.45) is 0 Å². The van der Waals surface area contributed by atoms with E-state index in [2.05, 4.69) is 15.3 Å². The van der Waals surface area contributed by atoms with Gasteiger partial charge in [-0.3, -0.25) is 0 Å². The Balaban J connectivity index is 1.98. The van der Waals surface area contributed by atoms with Crippen molar-refractivity contribution < 1.29 is 35.9 Å². The van der Waals surface area contributed by atoms with Gasteiger partial charge in [0.1, 0.15) is 16.4 Å². The highest BCUT2D eigenvalue weighted by molar-refractivity contribution is 7.99. The number of esters is 1. The molecule has 0 atom stereocenters. The topological polar surface area (TPSA) is 64.1 Å². The number of carbonyl (C=O) groups excluding carboxylic acids is 1. The van der Waals surface area contributed by atoms with Gasteiger partial charge in [0.2, 0.25) is 0 Å². The number of thioether (sulfide) groups is 2. The molecule has 5 nitrogen and oxygen atoms in total. The fourth-order valence-electron chi connectivity index (χ4n) is 3.06. The summed E-state index contributed by atoms with van der Waals surface area (Å²) in [5.74, 6) is -0.430. The van der Waals surface area contributed by atoms with E-state index in [-0.39, 0.29) is 33.2 Å². The first kappa shape index (κ1) is 27.7. The van der Waals surface area contributed by atoms with E-state index in [0.29, 0.717) is 17.9 Å². The number of nitrogens with one attached hydrogen (secondary N) is 1. The van der Waals surface area contributed by atoms with Crippen LogP contribution in [0.15, 0.2) is 58.7 Å². The van der Waals surface area contributed by atoms with E-state index in [1.54, 1.807) is 6.26 Å². The van der Waals surface area contributed by atoms with Crippen LogP contribution >= 0.6 is 23.5 Å². The fraction of sp³-hybridized carbons (Fsp3) is 0.261. The molecule has 1 aromatic heterocycles. The van der Waals surface area contributed by atoms with Gasteiger partial charge < -0.3 is 10.1 Å². The zero-order valence-electron chi connectivity index (χ0n) is 18.8. The van der Waals surface area contributed by atoms with E-state index in [0.717, 1.165) is 24.4 Å². The molecule has 1 N–H and O–H groups in total. The minimum Gasteiger partial charge on any atom is -0.465 e. The van der Waals surface area contributed by atoms with Crippen LogP contribution in [0.5, 0.6) is 0 Å². The maximum absolute atomic E-state index is 13.2. The van der Waals surface area contributed by atoms with Crippen LogP contribution in [0.4, 0.5) is 32.2 Å². The van der Waals surface area contributed by atoms with Crippen molar-refractivity contribution in [1.82, 2.24) is 9.97 Å². The lowest BCUT2D eigenvalue weighted by molar-refractivity contribution is -0.143. The molecular formula is C23H19F6N3O2S2. The average Bonchev–Trinajstić information content (AvgIpc) is 2.84. The van der Waals surface area contributed by atoms with Crippen LogP contribution in [0.25, 0.3) is 0 Å². The van der Waals surface area contributed by atoms with E-state index in [9.17, 15) is 31.1 Å². The van der Waals surface area contributed by atoms with Crippen molar-refractivity contribution in [2.75, 3.05) is 18.7 Å². The number of aromatic nitrogens is 2. The Kier molecular flexibility index (Phi) is 8.77. The molecule has 0 spiro atoms. The lowest BCUT2D eigenvalue weighted by Crippen LogP contribution is -2.15. The first-order valence-electron chi connectivity index (χ1n) is 10.2. The van der Waals surface area contributed by atoms with E-state index < -0.39 is 36.0 Å². The summed E-state index contributed by atoms with van der Waals surface area (Å²) in [7, 11) is 1.14. The molecule has 3 rings (SSSR count). The number of benzene rings is 2. The van der Waals surface area contributed by atoms with E-state index in [4.69, 9.17) is 4.74 Å². The monoisotopic (exact) mass is 547 g/mol. The summed E-state index contributed by atoms with van der Waals surface area (Å²) in [6.07, 6.45) is -8.27. The molecule has 2 aromatic carbocycles. The number of hydrogen-bond donors (Lipinski definition) is 1. The summed E-state index contributed by atoms with van der Waals surface area (Å²) in [5, 5.41) is 3.21. The molecule has 0 unspecified atom stereocenters. The third-order valence-corrected chi connectivity index (χ3v) is 6.35. The molecule has 0 aliphatic carbocycles. The van der Waals surface area contributed by atoms with Gasteiger partial charge in [0.05, 0.1) is 18.2 Å². The van der Waals surface area contributed by atoms with Gasteiger partial charge in [0.15, 0.2) is 5.16 Å². The van der Waals surface area contributed by atoms with Gasteiger partial charge in [-0.1, -0.05) is 42.1 Å². The number of alkyl halides is 6. The smallest absolute Gasteiger partial charge is 0.416 e. The van der Waals surface area contributed by atoms with Gasteiger partial charge in [0.25, 0.3) is 0 Å². The summed E-state index contributed by atoms with van der Waals surface area (Å²) in [5.41, 5.74) is -2.29. The molecule has 0 saturated heterocycles. The highest BCUT2D eigenvalue weighted by Crippen LogP contribution is 2.37.